The number of halogens is 1. The Balaban J connectivity index is 2.62. The van der Waals surface area contributed by atoms with Crippen LogP contribution >= 0.6 is 15.9 Å². The van der Waals surface area contributed by atoms with E-state index in [0.29, 0.717) is 10.9 Å². The molecule has 2 aromatic rings. The van der Waals surface area contributed by atoms with Crippen molar-refractivity contribution in [3.05, 3.63) is 44.2 Å². The smallest absolute Gasteiger partial charge is 0.343 e. The van der Waals surface area contributed by atoms with Gasteiger partial charge in [-0.1, -0.05) is 29.3 Å². The predicted molar refractivity (Wildman–Crippen MR) is 82.2 cm³/mol. The lowest BCUT2D eigenvalue weighted by atomic mass is 10.1. The van der Waals surface area contributed by atoms with E-state index in [-0.39, 0.29) is 17.6 Å². The Hall–Kier alpha value is -1.62. The first-order valence-corrected chi connectivity index (χ1v) is 7.38. The highest BCUT2D eigenvalue weighted by Gasteiger charge is 2.15. The highest BCUT2D eigenvalue weighted by Crippen LogP contribution is 2.23. The highest BCUT2D eigenvalue weighted by atomic mass is 79.9. The van der Waals surface area contributed by atoms with E-state index >= 15 is 0 Å². The van der Waals surface area contributed by atoms with Gasteiger partial charge < -0.3 is 9.72 Å². The summed E-state index contributed by atoms with van der Waals surface area (Å²) < 4.78 is 5.86. The summed E-state index contributed by atoms with van der Waals surface area (Å²) >= 11 is 3.50. The first-order chi connectivity index (χ1) is 9.58. The number of H-pyrrole nitrogens is 1. The largest absolute Gasteiger partial charge is 0.462 e. The van der Waals surface area contributed by atoms with Crippen LogP contribution in [0.2, 0.25) is 0 Å². The van der Waals surface area contributed by atoms with Crippen LogP contribution in [0.5, 0.6) is 0 Å². The summed E-state index contributed by atoms with van der Waals surface area (Å²) in [6, 6.07) is 3.71. The zero-order valence-corrected chi connectivity index (χ0v) is 13.0. The molecule has 0 fully saturated rings. The molecular formula is C15H16BrNO3. The van der Waals surface area contributed by atoms with Gasteiger partial charge in [-0.15, -0.1) is 0 Å². The molecule has 0 amide bonds. The molecule has 106 valence electrons. The first-order valence-electron chi connectivity index (χ1n) is 6.59. The van der Waals surface area contributed by atoms with Crippen LogP contribution in [-0.2, 0) is 11.2 Å². The molecule has 1 heterocycles. The molecule has 0 saturated carbocycles. The predicted octanol–water partition coefficient (Wildman–Crippen LogP) is 3.42. The number of nitrogens with one attached hydrogen (secondary N) is 1. The molecule has 1 N–H and O–H groups in total. The maximum absolute atomic E-state index is 12.4. The normalized spacial score (nSPS) is 10.8. The third kappa shape index (κ3) is 2.77. The number of carbonyl (C=O) groups is 1. The molecule has 4 nitrogen and oxygen atoms in total. The molecule has 2 rings (SSSR count). The molecular weight excluding hydrogens is 322 g/mol. The molecule has 0 aliphatic rings. The number of fused-ring (bicyclic) bond motifs is 1. The topological polar surface area (TPSA) is 59.2 Å². The molecule has 0 aliphatic carbocycles. The van der Waals surface area contributed by atoms with E-state index < -0.39 is 5.97 Å². The van der Waals surface area contributed by atoms with Gasteiger partial charge in [0.05, 0.1) is 12.1 Å². The molecule has 0 spiro atoms. The molecule has 0 unspecified atom stereocenters. The first kappa shape index (κ1) is 14.8. The number of carbonyl (C=O) groups excluding carboxylic acids is 1. The third-order valence-electron chi connectivity index (χ3n) is 3.06. The summed E-state index contributed by atoms with van der Waals surface area (Å²) in [4.78, 5) is 27.1. The number of esters is 1. The van der Waals surface area contributed by atoms with Crippen molar-refractivity contribution < 1.29 is 9.53 Å². The average molecular weight is 338 g/mol. The number of aryl methyl sites for hydroxylation is 1. The standard InChI is InChI=1S/C15H16BrNO3/c1-3-5-9-6-10-13(7-12(9)16)17-8-11(14(10)18)15(19)20-4-2/h6-8H,3-5H2,1-2H3,(H,17,18). The van der Waals surface area contributed by atoms with Gasteiger partial charge in [0, 0.05) is 16.1 Å². The molecule has 1 aromatic carbocycles. The molecule has 0 atom stereocenters. The van der Waals surface area contributed by atoms with Crippen molar-refractivity contribution in [2.45, 2.75) is 26.7 Å². The van der Waals surface area contributed by atoms with Crippen LogP contribution in [0.25, 0.3) is 10.9 Å². The van der Waals surface area contributed by atoms with E-state index in [1.807, 2.05) is 12.1 Å². The molecule has 0 bridgehead atoms. The number of benzene rings is 1. The lowest BCUT2D eigenvalue weighted by molar-refractivity contribution is 0.0524. The maximum Gasteiger partial charge on any atom is 0.343 e. The Kier molecular flexibility index (Phi) is 4.60. The van der Waals surface area contributed by atoms with E-state index in [0.717, 1.165) is 22.9 Å². The lowest BCUT2D eigenvalue weighted by Gasteiger charge is -2.07. The van der Waals surface area contributed by atoms with Crippen LogP contribution in [-0.4, -0.2) is 17.6 Å². The Morgan fingerprint density at radius 3 is 2.75 bits per heavy atom. The summed E-state index contributed by atoms with van der Waals surface area (Å²) in [5.74, 6) is -0.587. The summed E-state index contributed by atoms with van der Waals surface area (Å²) in [6.45, 7) is 4.04. The zero-order valence-electron chi connectivity index (χ0n) is 11.5. The third-order valence-corrected chi connectivity index (χ3v) is 3.80. The van der Waals surface area contributed by atoms with Crippen molar-refractivity contribution >= 4 is 32.8 Å². The molecule has 5 heteroatoms. The van der Waals surface area contributed by atoms with Crippen molar-refractivity contribution in [2.75, 3.05) is 6.61 Å². The number of aromatic nitrogens is 1. The highest BCUT2D eigenvalue weighted by molar-refractivity contribution is 9.10. The van der Waals surface area contributed by atoms with Gasteiger partial charge in [-0.2, -0.15) is 0 Å². The van der Waals surface area contributed by atoms with Gasteiger partial charge in [-0.25, -0.2) is 4.79 Å². The van der Waals surface area contributed by atoms with Gasteiger partial charge in [-0.05, 0) is 31.0 Å². The molecule has 0 aliphatic heterocycles. The minimum Gasteiger partial charge on any atom is -0.462 e. The number of hydrogen-bond donors (Lipinski definition) is 1. The van der Waals surface area contributed by atoms with E-state index in [1.54, 1.807) is 6.92 Å². The van der Waals surface area contributed by atoms with Gasteiger partial charge in [0.1, 0.15) is 5.56 Å². The summed E-state index contributed by atoms with van der Waals surface area (Å²) in [7, 11) is 0. The maximum atomic E-state index is 12.4. The van der Waals surface area contributed by atoms with E-state index in [1.165, 1.54) is 6.20 Å². The Morgan fingerprint density at radius 1 is 1.35 bits per heavy atom. The minimum absolute atomic E-state index is 0.0455. The summed E-state index contributed by atoms with van der Waals surface area (Å²) in [5, 5.41) is 0.516. The van der Waals surface area contributed by atoms with Gasteiger partial charge in [0.2, 0.25) is 5.43 Å². The summed E-state index contributed by atoms with van der Waals surface area (Å²) in [5.41, 5.74) is 1.52. The van der Waals surface area contributed by atoms with Crippen LogP contribution in [0, 0.1) is 0 Å². The molecule has 0 saturated heterocycles. The zero-order chi connectivity index (χ0) is 14.7. The number of rotatable bonds is 4. The van der Waals surface area contributed by atoms with Crippen molar-refractivity contribution in [3.63, 3.8) is 0 Å². The lowest BCUT2D eigenvalue weighted by Crippen LogP contribution is -2.18. The van der Waals surface area contributed by atoms with E-state index in [9.17, 15) is 9.59 Å². The SMILES string of the molecule is CCCc1cc2c(=O)c(C(=O)OCC)c[nH]c2cc1Br. The fourth-order valence-electron chi connectivity index (χ4n) is 2.11. The van der Waals surface area contributed by atoms with Gasteiger partial charge in [0.15, 0.2) is 0 Å². The second kappa shape index (κ2) is 6.22. The van der Waals surface area contributed by atoms with Crippen LogP contribution < -0.4 is 5.43 Å². The number of hydrogen-bond acceptors (Lipinski definition) is 3. The van der Waals surface area contributed by atoms with Crippen LogP contribution in [0.4, 0.5) is 0 Å². The monoisotopic (exact) mass is 337 g/mol. The summed E-state index contributed by atoms with van der Waals surface area (Å²) in [6.07, 6.45) is 3.27. The Bertz CT molecular complexity index is 706. The quantitative estimate of drug-likeness (QED) is 0.869. The van der Waals surface area contributed by atoms with Crippen LogP contribution in [0.3, 0.4) is 0 Å². The van der Waals surface area contributed by atoms with Crippen molar-refractivity contribution in [1.29, 1.82) is 0 Å². The second-order valence-electron chi connectivity index (χ2n) is 4.49. The van der Waals surface area contributed by atoms with Crippen molar-refractivity contribution in [3.8, 4) is 0 Å². The van der Waals surface area contributed by atoms with Gasteiger partial charge >= 0.3 is 5.97 Å². The number of ether oxygens (including phenoxy) is 1. The van der Waals surface area contributed by atoms with Crippen LogP contribution in [0.15, 0.2) is 27.6 Å². The Morgan fingerprint density at radius 2 is 2.10 bits per heavy atom. The van der Waals surface area contributed by atoms with E-state index in [2.05, 4.69) is 27.8 Å². The van der Waals surface area contributed by atoms with E-state index in [4.69, 9.17) is 4.74 Å². The fourth-order valence-corrected chi connectivity index (χ4v) is 2.65. The van der Waals surface area contributed by atoms with Crippen molar-refractivity contribution in [2.24, 2.45) is 0 Å². The molecule has 0 radical (unpaired) electrons. The second-order valence-corrected chi connectivity index (χ2v) is 5.35. The Labute approximate surface area is 125 Å². The average Bonchev–Trinajstić information content (AvgIpc) is 2.41. The number of pyridine rings is 1. The minimum atomic E-state index is -0.587. The molecule has 20 heavy (non-hydrogen) atoms. The van der Waals surface area contributed by atoms with Gasteiger partial charge in [0.25, 0.3) is 0 Å². The van der Waals surface area contributed by atoms with Crippen molar-refractivity contribution in [1.82, 2.24) is 4.98 Å². The van der Waals surface area contributed by atoms with Crippen LogP contribution in [0.1, 0.15) is 36.2 Å². The van der Waals surface area contributed by atoms with Gasteiger partial charge in [-0.3, -0.25) is 4.79 Å². The number of aromatic amines is 1. The molecule has 1 aromatic heterocycles. The fraction of sp³-hybridized carbons (Fsp3) is 0.333.